The predicted molar refractivity (Wildman–Crippen MR) is 77.0 cm³/mol. The van der Waals surface area contributed by atoms with Crippen molar-refractivity contribution in [2.45, 2.75) is 31.7 Å². The number of nitrogens with one attached hydrogen (secondary N) is 1. The van der Waals surface area contributed by atoms with Crippen molar-refractivity contribution in [3.8, 4) is 0 Å². The van der Waals surface area contributed by atoms with Crippen molar-refractivity contribution in [3.05, 3.63) is 53.3 Å². The maximum atomic E-state index is 4.18. The molecule has 1 heterocycles. The molecule has 0 atom stereocenters. The topological polar surface area (TPSA) is 29.9 Å². The van der Waals surface area contributed by atoms with Gasteiger partial charge in [-0.25, -0.2) is 0 Å². The van der Waals surface area contributed by atoms with Gasteiger partial charge in [0.05, 0.1) is 6.20 Å². The summed E-state index contributed by atoms with van der Waals surface area (Å²) in [6, 6.07) is 9.01. The average Bonchev–Trinajstić information content (AvgIpc) is 3.19. The Kier molecular flexibility index (Phi) is 3.65. The molecule has 1 aromatic heterocycles. The van der Waals surface area contributed by atoms with Crippen LogP contribution in [0.2, 0.25) is 0 Å². The number of nitrogens with zero attached hydrogens (tertiary/aromatic N) is 2. The van der Waals surface area contributed by atoms with Crippen LogP contribution in [-0.4, -0.2) is 16.3 Å². The highest BCUT2D eigenvalue weighted by atomic mass is 15.2. The maximum Gasteiger partial charge on any atom is 0.0522 e. The molecular formula is C16H21N3. The third-order valence-electron chi connectivity index (χ3n) is 3.68. The Bertz CT molecular complexity index is 540. The molecule has 1 fully saturated rings. The molecule has 0 amide bonds. The van der Waals surface area contributed by atoms with Crippen LogP contribution < -0.4 is 5.32 Å². The van der Waals surface area contributed by atoms with Crippen LogP contribution in [0.4, 0.5) is 0 Å². The minimum Gasteiger partial charge on any atom is -0.312 e. The number of aromatic nitrogens is 2. The van der Waals surface area contributed by atoms with Crippen LogP contribution in [0.15, 0.2) is 36.7 Å². The molecule has 0 bridgehead atoms. The zero-order chi connectivity index (χ0) is 13.1. The van der Waals surface area contributed by atoms with Crippen LogP contribution in [0.25, 0.3) is 0 Å². The first-order valence-electron chi connectivity index (χ1n) is 7.08. The molecular weight excluding hydrogens is 234 g/mol. The fraction of sp³-hybridized carbons (Fsp3) is 0.438. The smallest absolute Gasteiger partial charge is 0.0522 e. The summed E-state index contributed by atoms with van der Waals surface area (Å²) in [4.78, 5) is 0. The summed E-state index contributed by atoms with van der Waals surface area (Å²) < 4.78 is 1.86. The molecule has 1 aliphatic carbocycles. The normalized spacial score (nSPS) is 14.8. The Morgan fingerprint density at radius 2 is 2.21 bits per heavy atom. The van der Waals surface area contributed by atoms with Gasteiger partial charge in [0.15, 0.2) is 0 Å². The minimum absolute atomic E-state index is 0.843. The van der Waals surface area contributed by atoms with Crippen molar-refractivity contribution >= 4 is 0 Å². The van der Waals surface area contributed by atoms with Gasteiger partial charge in [-0.15, -0.1) is 0 Å². The Balaban J connectivity index is 1.45. The Morgan fingerprint density at radius 1 is 1.32 bits per heavy atom. The molecule has 2 aromatic rings. The zero-order valence-electron chi connectivity index (χ0n) is 11.5. The van der Waals surface area contributed by atoms with Gasteiger partial charge < -0.3 is 5.32 Å². The number of rotatable bonds is 6. The highest BCUT2D eigenvalue weighted by Gasteiger charge is 2.23. The van der Waals surface area contributed by atoms with Crippen LogP contribution >= 0.6 is 0 Å². The van der Waals surface area contributed by atoms with Gasteiger partial charge in [0.1, 0.15) is 0 Å². The Labute approximate surface area is 114 Å². The molecule has 100 valence electrons. The second-order valence-electron chi connectivity index (χ2n) is 5.47. The molecule has 0 aliphatic heterocycles. The molecule has 1 aliphatic rings. The number of aryl methyl sites for hydroxylation is 1. The maximum absolute atomic E-state index is 4.18. The highest BCUT2D eigenvalue weighted by molar-refractivity contribution is 5.29. The Morgan fingerprint density at radius 3 is 2.95 bits per heavy atom. The second-order valence-corrected chi connectivity index (χ2v) is 5.47. The molecule has 0 spiro atoms. The van der Waals surface area contributed by atoms with E-state index < -0.39 is 0 Å². The predicted octanol–water partition coefficient (Wildman–Crippen LogP) is 2.63. The van der Waals surface area contributed by atoms with Crippen molar-refractivity contribution < 1.29 is 0 Å². The van der Waals surface area contributed by atoms with Crippen LogP contribution in [0.5, 0.6) is 0 Å². The van der Waals surface area contributed by atoms with E-state index in [1.54, 1.807) is 0 Å². The van der Waals surface area contributed by atoms with Crippen molar-refractivity contribution in [1.29, 1.82) is 0 Å². The van der Waals surface area contributed by atoms with E-state index in [1.807, 2.05) is 17.9 Å². The number of hydrogen-bond acceptors (Lipinski definition) is 2. The van der Waals surface area contributed by atoms with Crippen LogP contribution in [0.1, 0.15) is 35.4 Å². The van der Waals surface area contributed by atoms with Crippen LogP contribution in [-0.2, 0) is 20.0 Å². The van der Waals surface area contributed by atoms with Gasteiger partial charge in [-0.1, -0.05) is 24.3 Å². The van der Waals surface area contributed by atoms with Gasteiger partial charge in [-0.05, 0) is 48.4 Å². The van der Waals surface area contributed by atoms with E-state index in [2.05, 4.69) is 40.9 Å². The van der Waals surface area contributed by atoms with Crippen molar-refractivity contribution in [2.75, 3.05) is 6.54 Å². The third kappa shape index (κ3) is 3.44. The number of benzene rings is 1. The van der Waals surface area contributed by atoms with E-state index in [4.69, 9.17) is 0 Å². The van der Waals surface area contributed by atoms with Gasteiger partial charge >= 0.3 is 0 Å². The van der Waals surface area contributed by atoms with E-state index >= 15 is 0 Å². The molecule has 1 aromatic carbocycles. The highest BCUT2D eigenvalue weighted by Crippen LogP contribution is 2.40. The van der Waals surface area contributed by atoms with Gasteiger partial charge in [-0.3, -0.25) is 4.68 Å². The molecule has 3 nitrogen and oxygen atoms in total. The SMILES string of the molecule is Cn1cc(CCNCc2cccc(C3CC3)c2)cn1. The Hall–Kier alpha value is -1.61. The van der Waals surface area contributed by atoms with Gasteiger partial charge in [0, 0.05) is 19.8 Å². The molecule has 3 heteroatoms. The molecule has 19 heavy (non-hydrogen) atoms. The minimum atomic E-state index is 0.843. The summed E-state index contributed by atoms with van der Waals surface area (Å²) in [5, 5.41) is 7.69. The summed E-state index contributed by atoms with van der Waals surface area (Å²) in [5.74, 6) is 0.843. The van der Waals surface area contributed by atoms with E-state index in [1.165, 1.54) is 29.5 Å². The van der Waals surface area contributed by atoms with E-state index in [9.17, 15) is 0 Å². The van der Waals surface area contributed by atoms with E-state index in [-0.39, 0.29) is 0 Å². The molecule has 0 unspecified atom stereocenters. The standard InChI is InChI=1S/C16H21N3/c1-19-12-14(11-18-19)7-8-17-10-13-3-2-4-16(9-13)15-5-6-15/h2-4,9,11-12,15,17H,5-8,10H2,1H3. The lowest BCUT2D eigenvalue weighted by molar-refractivity contribution is 0.685. The first-order chi connectivity index (χ1) is 9.31. The summed E-state index contributed by atoms with van der Waals surface area (Å²) in [6.45, 7) is 1.96. The lowest BCUT2D eigenvalue weighted by Crippen LogP contribution is -2.16. The van der Waals surface area contributed by atoms with Crippen LogP contribution in [0.3, 0.4) is 0 Å². The van der Waals surface area contributed by atoms with Gasteiger partial charge in [0.2, 0.25) is 0 Å². The zero-order valence-corrected chi connectivity index (χ0v) is 11.5. The quantitative estimate of drug-likeness (QED) is 0.804. The lowest BCUT2D eigenvalue weighted by Gasteiger charge is -2.06. The van der Waals surface area contributed by atoms with Crippen molar-refractivity contribution in [1.82, 2.24) is 15.1 Å². The third-order valence-corrected chi connectivity index (χ3v) is 3.68. The van der Waals surface area contributed by atoms with Crippen molar-refractivity contribution in [2.24, 2.45) is 7.05 Å². The van der Waals surface area contributed by atoms with Crippen molar-refractivity contribution in [3.63, 3.8) is 0 Å². The molecule has 1 N–H and O–H groups in total. The fourth-order valence-electron chi connectivity index (χ4n) is 2.44. The second kappa shape index (κ2) is 5.57. The van der Waals surface area contributed by atoms with E-state index in [0.29, 0.717) is 0 Å². The molecule has 0 radical (unpaired) electrons. The van der Waals surface area contributed by atoms with Crippen LogP contribution in [0, 0.1) is 0 Å². The summed E-state index contributed by atoms with van der Waals surface area (Å²) in [7, 11) is 1.96. The summed E-state index contributed by atoms with van der Waals surface area (Å²) in [6.07, 6.45) is 7.80. The van der Waals surface area contributed by atoms with Gasteiger partial charge in [-0.2, -0.15) is 5.10 Å². The summed E-state index contributed by atoms with van der Waals surface area (Å²) in [5.41, 5.74) is 4.21. The number of hydrogen-bond donors (Lipinski definition) is 1. The van der Waals surface area contributed by atoms with E-state index in [0.717, 1.165) is 25.4 Å². The molecule has 1 saturated carbocycles. The summed E-state index contributed by atoms with van der Waals surface area (Å²) >= 11 is 0. The molecule has 3 rings (SSSR count). The first kappa shape index (κ1) is 12.4. The van der Waals surface area contributed by atoms with Gasteiger partial charge in [0.25, 0.3) is 0 Å². The largest absolute Gasteiger partial charge is 0.312 e. The molecule has 0 saturated heterocycles. The average molecular weight is 255 g/mol. The fourth-order valence-corrected chi connectivity index (χ4v) is 2.44. The lowest BCUT2D eigenvalue weighted by atomic mass is 10.1. The first-order valence-corrected chi connectivity index (χ1v) is 7.08. The monoisotopic (exact) mass is 255 g/mol.